The van der Waals surface area contributed by atoms with Crippen LogP contribution in [0, 0.1) is 0 Å². The molecule has 0 unspecified atom stereocenters. The van der Waals surface area contributed by atoms with Gasteiger partial charge >= 0.3 is 0 Å². The van der Waals surface area contributed by atoms with Gasteiger partial charge in [-0.25, -0.2) is 0 Å². The zero-order chi connectivity index (χ0) is 11.1. The molecular weight excluding hydrogens is 188 g/mol. The van der Waals surface area contributed by atoms with E-state index in [9.17, 15) is 0 Å². The third-order valence-electron chi connectivity index (χ3n) is 3.28. The minimum absolute atomic E-state index is 0.0255. The monoisotopic (exact) mass is 208 g/mol. The minimum Gasteiger partial charge on any atom is -0.330 e. The Bertz CT molecular complexity index is 353. The molecule has 1 aromatic heterocycles. The third-order valence-corrected chi connectivity index (χ3v) is 3.28. The lowest BCUT2D eigenvalue weighted by atomic mass is 9.85. The second-order valence-corrected chi connectivity index (χ2v) is 5.11. The minimum atomic E-state index is -0.0255. The van der Waals surface area contributed by atoms with E-state index < -0.39 is 0 Å². The molecule has 0 saturated carbocycles. The van der Waals surface area contributed by atoms with Gasteiger partial charge < -0.3 is 10.6 Å². The summed E-state index contributed by atoms with van der Waals surface area (Å²) in [4.78, 5) is 2.33. The Hall–Kier alpha value is -0.870. The number of nitrogens with one attached hydrogen (secondary N) is 1. The molecule has 15 heavy (non-hydrogen) atoms. The van der Waals surface area contributed by atoms with E-state index in [1.54, 1.807) is 0 Å². The van der Waals surface area contributed by atoms with E-state index >= 15 is 0 Å². The number of hydrogen-bond acceptors (Lipinski definition) is 3. The molecule has 4 heteroatoms. The lowest BCUT2D eigenvalue weighted by molar-refractivity contribution is 0.308. The summed E-state index contributed by atoms with van der Waals surface area (Å²) in [5.74, 6) is 0. The number of hydrogen-bond donors (Lipinski definition) is 2. The molecule has 0 aliphatic carbocycles. The fourth-order valence-electron chi connectivity index (χ4n) is 2.09. The summed E-state index contributed by atoms with van der Waals surface area (Å²) in [5.41, 5.74) is 9.57. The van der Waals surface area contributed by atoms with Crippen LogP contribution in [0.25, 0.3) is 0 Å². The molecule has 0 atom stereocenters. The molecule has 3 N–H and O–H groups in total. The van der Waals surface area contributed by atoms with Gasteiger partial charge in [-0.05, 0) is 7.05 Å². The number of rotatable bonds is 2. The summed E-state index contributed by atoms with van der Waals surface area (Å²) in [7, 11) is 2.15. The Labute approximate surface area is 90.8 Å². The van der Waals surface area contributed by atoms with Crippen molar-refractivity contribution in [3.05, 3.63) is 17.0 Å². The average Bonchev–Trinajstić information content (AvgIpc) is 2.61. The molecule has 0 bridgehead atoms. The summed E-state index contributed by atoms with van der Waals surface area (Å²) >= 11 is 0. The first-order valence-electron chi connectivity index (χ1n) is 5.50. The normalized spacial score (nSPS) is 17.9. The van der Waals surface area contributed by atoms with E-state index in [1.807, 2.05) is 0 Å². The number of H-pyrrole nitrogens is 1. The van der Waals surface area contributed by atoms with Crippen LogP contribution >= 0.6 is 0 Å². The maximum atomic E-state index is 5.80. The summed E-state index contributed by atoms with van der Waals surface area (Å²) in [5, 5.41) is 7.60. The van der Waals surface area contributed by atoms with Crippen molar-refractivity contribution < 1.29 is 0 Å². The predicted octanol–water partition coefficient (Wildman–Crippen LogP) is 0.634. The highest BCUT2D eigenvalue weighted by Crippen LogP contribution is 2.28. The van der Waals surface area contributed by atoms with Crippen molar-refractivity contribution in [3.63, 3.8) is 0 Å². The maximum Gasteiger partial charge on any atom is 0.0738 e. The van der Waals surface area contributed by atoms with Gasteiger partial charge in [-0.2, -0.15) is 5.10 Å². The van der Waals surface area contributed by atoms with E-state index in [4.69, 9.17) is 5.73 Å². The van der Waals surface area contributed by atoms with Gasteiger partial charge in [-0.3, -0.25) is 5.10 Å². The highest BCUT2D eigenvalue weighted by Gasteiger charge is 2.29. The molecule has 1 aromatic rings. The van der Waals surface area contributed by atoms with Crippen molar-refractivity contribution in [1.29, 1.82) is 0 Å². The molecule has 1 aliphatic heterocycles. The molecule has 2 rings (SSSR count). The van der Waals surface area contributed by atoms with Crippen molar-refractivity contribution in [2.45, 2.75) is 32.2 Å². The van der Waals surface area contributed by atoms with E-state index in [1.165, 1.54) is 11.3 Å². The molecule has 84 valence electrons. The van der Waals surface area contributed by atoms with Crippen molar-refractivity contribution >= 4 is 0 Å². The fraction of sp³-hybridized carbons (Fsp3) is 0.727. The van der Waals surface area contributed by atoms with Gasteiger partial charge in [-0.15, -0.1) is 0 Å². The Morgan fingerprint density at radius 2 is 2.27 bits per heavy atom. The maximum absolute atomic E-state index is 5.80. The van der Waals surface area contributed by atoms with Crippen LogP contribution in [0.15, 0.2) is 0 Å². The van der Waals surface area contributed by atoms with Crippen molar-refractivity contribution in [1.82, 2.24) is 15.1 Å². The summed E-state index contributed by atoms with van der Waals surface area (Å²) in [6.45, 7) is 7.03. The van der Waals surface area contributed by atoms with Gasteiger partial charge in [0.25, 0.3) is 0 Å². The zero-order valence-electron chi connectivity index (χ0n) is 9.80. The Kier molecular flexibility index (Phi) is 2.56. The highest BCUT2D eigenvalue weighted by atomic mass is 15.2. The number of nitrogens with two attached hydrogens (primary N) is 1. The molecule has 0 aromatic carbocycles. The first kappa shape index (κ1) is 10.6. The van der Waals surface area contributed by atoms with Crippen LogP contribution in [-0.2, 0) is 18.4 Å². The van der Waals surface area contributed by atoms with Crippen LogP contribution < -0.4 is 5.73 Å². The number of aromatic nitrogens is 2. The number of fused-ring (bicyclic) bond motifs is 1. The molecule has 0 radical (unpaired) electrons. The second kappa shape index (κ2) is 3.61. The molecule has 0 spiro atoms. The fourth-order valence-corrected chi connectivity index (χ4v) is 2.09. The van der Waals surface area contributed by atoms with Crippen LogP contribution in [0.1, 0.15) is 30.8 Å². The van der Waals surface area contributed by atoms with Gasteiger partial charge in [0.2, 0.25) is 0 Å². The van der Waals surface area contributed by atoms with E-state index in [2.05, 4.69) is 36.0 Å². The predicted molar refractivity (Wildman–Crippen MR) is 60.7 cm³/mol. The SMILES string of the molecule is CN1CCc2[nH]nc(C(C)(C)CN)c2C1. The van der Waals surface area contributed by atoms with Crippen LogP contribution in [0.3, 0.4) is 0 Å². The highest BCUT2D eigenvalue weighted by molar-refractivity contribution is 5.32. The second-order valence-electron chi connectivity index (χ2n) is 5.11. The summed E-state index contributed by atoms with van der Waals surface area (Å²) in [6, 6.07) is 0. The molecule has 2 heterocycles. The summed E-state index contributed by atoms with van der Waals surface area (Å²) in [6.07, 6.45) is 1.07. The van der Waals surface area contributed by atoms with Crippen molar-refractivity contribution in [2.24, 2.45) is 5.73 Å². The lowest BCUT2D eigenvalue weighted by Crippen LogP contribution is -2.32. The quantitative estimate of drug-likeness (QED) is 0.749. The molecule has 0 saturated heterocycles. The molecule has 1 aliphatic rings. The van der Waals surface area contributed by atoms with Crippen molar-refractivity contribution in [3.8, 4) is 0 Å². The standard InChI is InChI=1S/C11H20N4/c1-11(2,7-12)10-8-6-15(3)5-4-9(8)13-14-10/h4-7,12H2,1-3H3,(H,13,14). The van der Waals surface area contributed by atoms with E-state index in [0.717, 1.165) is 25.2 Å². The molecular formula is C11H20N4. The van der Waals surface area contributed by atoms with Crippen molar-refractivity contribution in [2.75, 3.05) is 20.1 Å². The van der Waals surface area contributed by atoms with Gasteiger partial charge in [-0.1, -0.05) is 13.8 Å². The Morgan fingerprint density at radius 3 is 2.93 bits per heavy atom. The first-order valence-corrected chi connectivity index (χ1v) is 5.50. The molecule has 0 amide bonds. The number of aromatic amines is 1. The van der Waals surface area contributed by atoms with Gasteiger partial charge in [0.1, 0.15) is 0 Å². The van der Waals surface area contributed by atoms with Crippen LogP contribution in [0.5, 0.6) is 0 Å². The lowest BCUT2D eigenvalue weighted by Gasteiger charge is -2.26. The largest absolute Gasteiger partial charge is 0.330 e. The third kappa shape index (κ3) is 1.79. The Balaban J connectivity index is 2.38. The first-order chi connectivity index (χ1) is 7.04. The van der Waals surface area contributed by atoms with E-state index in [0.29, 0.717) is 6.54 Å². The average molecular weight is 208 g/mol. The van der Waals surface area contributed by atoms with Crippen LogP contribution in [0.4, 0.5) is 0 Å². The molecule has 0 fully saturated rings. The molecule has 4 nitrogen and oxygen atoms in total. The van der Waals surface area contributed by atoms with Gasteiger partial charge in [0.15, 0.2) is 0 Å². The zero-order valence-corrected chi connectivity index (χ0v) is 9.80. The van der Waals surface area contributed by atoms with E-state index in [-0.39, 0.29) is 5.41 Å². The number of likely N-dealkylation sites (N-methyl/N-ethyl adjacent to an activating group) is 1. The van der Waals surface area contributed by atoms with Gasteiger partial charge in [0, 0.05) is 42.7 Å². The topological polar surface area (TPSA) is 57.9 Å². The smallest absolute Gasteiger partial charge is 0.0738 e. The summed E-state index contributed by atoms with van der Waals surface area (Å²) < 4.78 is 0. The Morgan fingerprint density at radius 1 is 1.53 bits per heavy atom. The van der Waals surface area contributed by atoms with Crippen LogP contribution in [0.2, 0.25) is 0 Å². The number of nitrogens with zero attached hydrogens (tertiary/aromatic N) is 2. The van der Waals surface area contributed by atoms with Crippen LogP contribution in [-0.4, -0.2) is 35.2 Å². The van der Waals surface area contributed by atoms with Gasteiger partial charge in [0.05, 0.1) is 5.69 Å².